The fourth-order valence-corrected chi connectivity index (χ4v) is 1.05. The molecule has 1 aromatic heterocycles. The molecule has 0 fully saturated rings. The molecule has 0 saturated heterocycles. The SMILES string of the molecule is C1=C/C=C\c2ncncc2C=C1. The molecular formula is C10H8N2. The Labute approximate surface area is 71.0 Å². The second-order valence-electron chi connectivity index (χ2n) is 2.47. The Hall–Kier alpha value is -1.70. The van der Waals surface area contributed by atoms with Crippen LogP contribution in [0.15, 0.2) is 36.8 Å². The first-order valence-electron chi connectivity index (χ1n) is 3.78. The van der Waals surface area contributed by atoms with Crippen LogP contribution in [0.4, 0.5) is 0 Å². The molecule has 12 heavy (non-hydrogen) atoms. The van der Waals surface area contributed by atoms with E-state index in [1.165, 1.54) is 0 Å². The third-order valence-corrected chi connectivity index (χ3v) is 1.64. The van der Waals surface area contributed by atoms with Gasteiger partial charge in [-0.25, -0.2) is 9.97 Å². The molecule has 1 aliphatic carbocycles. The van der Waals surface area contributed by atoms with Crippen LogP contribution < -0.4 is 0 Å². The quantitative estimate of drug-likeness (QED) is 0.574. The average Bonchev–Trinajstić information content (AvgIpc) is 2.06. The van der Waals surface area contributed by atoms with Crippen LogP contribution in [0.3, 0.4) is 0 Å². The molecular weight excluding hydrogens is 148 g/mol. The Morgan fingerprint density at radius 1 is 0.917 bits per heavy atom. The van der Waals surface area contributed by atoms with Gasteiger partial charge in [-0.15, -0.1) is 0 Å². The molecule has 0 unspecified atom stereocenters. The fraction of sp³-hybridized carbons (Fsp3) is 0. The molecule has 1 heterocycles. The van der Waals surface area contributed by atoms with Crippen LogP contribution in [0.5, 0.6) is 0 Å². The zero-order valence-electron chi connectivity index (χ0n) is 6.51. The second kappa shape index (κ2) is 3.13. The Balaban J connectivity index is 2.54. The van der Waals surface area contributed by atoms with E-state index >= 15 is 0 Å². The van der Waals surface area contributed by atoms with E-state index in [2.05, 4.69) is 9.97 Å². The predicted molar refractivity (Wildman–Crippen MR) is 49.2 cm³/mol. The molecule has 0 saturated carbocycles. The van der Waals surface area contributed by atoms with E-state index in [0.717, 1.165) is 11.3 Å². The van der Waals surface area contributed by atoms with Gasteiger partial charge in [0, 0.05) is 11.8 Å². The van der Waals surface area contributed by atoms with Crippen molar-refractivity contribution in [1.82, 2.24) is 9.97 Å². The highest BCUT2D eigenvalue weighted by molar-refractivity contribution is 5.64. The van der Waals surface area contributed by atoms with Crippen molar-refractivity contribution in [2.45, 2.75) is 0 Å². The van der Waals surface area contributed by atoms with E-state index in [1.807, 2.05) is 42.7 Å². The minimum absolute atomic E-state index is 0.964. The van der Waals surface area contributed by atoms with Gasteiger partial charge in [0.15, 0.2) is 0 Å². The van der Waals surface area contributed by atoms with Gasteiger partial charge in [0.05, 0.1) is 5.69 Å². The summed E-state index contributed by atoms with van der Waals surface area (Å²) < 4.78 is 0. The highest BCUT2D eigenvalue weighted by Gasteiger charge is 1.95. The lowest BCUT2D eigenvalue weighted by atomic mass is 10.1. The number of rotatable bonds is 0. The summed E-state index contributed by atoms with van der Waals surface area (Å²) in [5.41, 5.74) is 2.02. The third-order valence-electron chi connectivity index (χ3n) is 1.64. The Morgan fingerprint density at radius 2 is 1.75 bits per heavy atom. The van der Waals surface area contributed by atoms with Gasteiger partial charge in [-0.2, -0.15) is 0 Å². The lowest BCUT2D eigenvalue weighted by molar-refractivity contribution is 1.14. The van der Waals surface area contributed by atoms with Crippen LogP contribution in [-0.4, -0.2) is 9.97 Å². The number of aromatic nitrogens is 2. The van der Waals surface area contributed by atoms with Crippen molar-refractivity contribution in [3.05, 3.63) is 48.1 Å². The van der Waals surface area contributed by atoms with Gasteiger partial charge >= 0.3 is 0 Å². The smallest absolute Gasteiger partial charge is 0.116 e. The van der Waals surface area contributed by atoms with E-state index in [9.17, 15) is 0 Å². The largest absolute Gasteiger partial charge is 0.244 e. The first-order chi connectivity index (χ1) is 5.97. The fourth-order valence-electron chi connectivity index (χ4n) is 1.05. The Bertz CT molecular complexity index is 327. The summed E-state index contributed by atoms with van der Waals surface area (Å²) in [4.78, 5) is 8.09. The maximum absolute atomic E-state index is 4.14. The standard InChI is InChI=1S/C10H8N2/c1-2-4-6-10-9(5-3-1)7-11-8-12-10/h1-8H/b2-1?,3-1?,4-2?,5-3?,6-4-,9-5?,10-6?. The maximum Gasteiger partial charge on any atom is 0.116 e. The molecule has 0 bridgehead atoms. The van der Waals surface area contributed by atoms with Crippen molar-refractivity contribution < 1.29 is 0 Å². The van der Waals surface area contributed by atoms with Crippen LogP contribution in [0.2, 0.25) is 0 Å². The van der Waals surface area contributed by atoms with E-state index in [0.29, 0.717) is 0 Å². The first kappa shape index (κ1) is 6.98. The first-order valence-corrected chi connectivity index (χ1v) is 3.78. The molecule has 0 spiro atoms. The van der Waals surface area contributed by atoms with E-state index in [4.69, 9.17) is 0 Å². The summed E-state index contributed by atoms with van der Waals surface area (Å²) in [5.74, 6) is 0. The van der Waals surface area contributed by atoms with Gasteiger partial charge in [-0.3, -0.25) is 0 Å². The average molecular weight is 156 g/mol. The summed E-state index contributed by atoms with van der Waals surface area (Å²) in [6.07, 6.45) is 15.2. The zero-order chi connectivity index (χ0) is 8.23. The normalized spacial score (nSPS) is 16.3. The number of allylic oxidation sites excluding steroid dienone is 4. The van der Waals surface area contributed by atoms with Crippen molar-refractivity contribution in [2.24, 2.45) is 0 Å². The number of hydrogen-bond acceptors (Lipinski definition) is 2. The third kappa shape index (κ3) is 1.32. The maximum atomic E-state index is 4.14. The Morgan fingerprint density at radius 3 is 2.67 bits per heavy atom. The topological polar surface area (TPSA) is 25.8 Å². The molecule has 1 aliphatic rings. The molecule has 0 N–H and O–H groups in total. The summed E-state index contributed by atoms with van der Waals surface area (Å²) in [6.45, 7) is 0. The molecule has 0 atom stereocenters. The monoisotopic (exact) mass is 156 g/mol. The van der Waals surface area contributed by atoms with Crippen molar-refractivity contribution in [2.75, 3.05) is 0 Å². The van der Waals surface area contributed by atoms with Gasteiger partial charge in [0.1, 0.15) is 6.33 Å². The van der Waals surface area contributed by atoms with Crippen molar-refractivity contribution in [3.63, 3.8) is 0 Å². The molecule has 0 aliphatic heterocycles. The summed E-state index contributed by atoms with van der Waals surface area (Å²) in [5, 5.41) is 0. The molecule has 0 aromatic carbocycles. The van der Waals surface area contributed by atoms with E-state index < -0.39 is 0 Å². The summed E-state index contributed by atoms with van der Waals surface area (Å²) in [6, 6.07) is 0. The summed E-state index contributed by atoms with van der Waals surface area (Å²) >= 11 is 0. The van der Waals surface area contributed by atoms with Gasteiger partial charge < -0.3 is 0 Å². The molecule has 0 radical (unpaired) electrons. The van der Waals surface area contributed by atoms with Gasteiger partial charge in [0.25, 0.3) is 0 Å². The second-order valence-corrected chi connectivity index (χ2v) is 2.47. The van der Waals surface area contributed by atoms with Crippen LogP contribution in [-0.2, 0) is 0 Å². The van der Waals surface area contributed by atoms with Crippen LogP contribution >= 0.6 is 0 Å². The molecule has 2 rings (SSSR count). The number of fused-ring (bicyclic) bond motifs is 1. The van der Waals surface area contributed by atoms with Gasteiger partial charge in [-0.05, 0) is 6.08 Å². The lowest BCUT2D eigenvalue weighted by Crippen LogP contribution is -1.87. The molecule has 0 amide bonds. The predicted octanol–water partition coefficient (Wildman–Crippen LogP) is 2.07. The summed E-state index contributed by atoms with van der Waals surface area (Å²) in [7, 11) is 0. The van der Waals surface area contributed by atoms with Crippen molar-refractivity contribution >= 4 is 12.2 Å². The molecule has 2 nitrogen and oxygen atoms in total. The zero-order valence-corrected chi connectivity index (χ0v) is 6.51. The van der Waals surface area contributed by atoms with E-state index in [-0.39, 0.29) is 0 Å². The van der Waals surface area contributed by atoms with Crippen LogP contribution in [0.1, 0.15) is 11.3 Å². The highest BCUT2D eigenvalue weighted by atomic mass is 14.8. The number of hydrogen-bond donors (Lipinski definition) is 0. The molecule has 2 heteroatoms. The van der Waals surface area contributed by atoms with Crippen molar-refractivity contribution in [1.29, 1.82) is 0 Å². The van der Waals surface area contributed by atoms with E-state index in [1.54, 1.807) is 6.33 Å². The Kier molecular flexibility index (Phi) is 1.82. The minimum Gasteiger partial charge on any atom is -0.244 e. The molecule has 1 aromatic rings. The van der Waals surface area contributed by atoms with Gasteiger partial charge in [0.2, 0.25) is 0 Å². The van der Waals surface area contributed by atoms with Crippen LogP contribution in [0, 0.1) is 0 Å². The van der Waals surface area contributed by atoms with Crippen molar-refractivity contribution in [3.8, 4) is 0 Å². The van der Waals surface area contributed by atoms with Gasteiger partial charge in [-0.1, -0.05) is 30.4 Å². The highest BCUT2D eigenvalue weighted by Crippen LogP contribution is 2.09. The molecule has 58 valence electrons. The van der Waals surface area contributed by atoms with Crippen LogP contribution in [0.25, 0.3) is 12.2 Å². The lowest BCUT2D eigenvalue weighted by Gasteiger charge is -1.98. The number of nitrogens with zero attached hydrogens (tertiary/aromatic N) is 2. The minimum atomic E-state index is 0.964.